The second-order valence-electron chi connectivity index (χ2n) is 7.53. The van der Waals surface area contributed by atoms with Gasteiger partial charge in [-0.05, 0) is 30.7 Å². The Labute approximate surface area is 172 Å². The van der Waals surface area contributed by atoms with Crippen LogP contribution in [0.15, 0.2) is 18.3 Å². The lowest BCUT2D eigenvalue weighted by Crippen LogP contribution is -2.49. The van der Waals surface area contributed by atoms with Crippen LogP contribution in [0.5, 0.6) is 5.88 Å². The predicted molar refractivity (Wildman–Crippen MR) is 93.1 cm³/mol. The molecule has 7 nitrogen and oxygen atoms in total. The van der Waals surface area contributed by atoms with Crippen molar-refractivity contribution in [2.24, 2.45) is 11.3 Å². The smallest absolute Gasteiger partial charge is 0.434 e. The second kappa shape index (κ2) is 8.08. The van der Waals surface area contributed by atoms with Crippen LogP contribution in [-0.2, 0) is 9.53 Å². The van der Waals surface area contributed by atoms with Crippen LogP contribution < -0.4 is 10.1 Å². The van der Waals surface area contributed by atoms with Gasteiger partial charge in [-0.3, -0.25) is 4.79 Å². The molecule has 0 radical (unpaired) electrons. The monoisotopic (exact) mass is 455 g/mol. The van der Waals surface area contributed by atoms with Crippen molar-refractivity contribution in [1.82, 2.24) is 9.88 Å². The number of pyridine rings is 1. The molecular formula is C18H19F6N3O4. The van der Waals surface area contributed by atoms with Gasteiger partial charge in [0.2, 0.25) is 11.8 Å². The van der Waals surface area contributed by atoms with Crippen molar-refractivity contribution >= 4 is 17.7 Å². The normalized spacial score (nSPS) is 20.5. The molecule has 1 N–H and O–H groups in total. The van der Waals surface area contributed by atoms with E-state index in [0.29, 0.717) is 18.0 Å². The number of methoxy groups -OCH3 is 1. The number of rotatable bonds is 4. The lowest BCUT2D eigenvalue weighted by atomic mass is 9.91. The van der Waals surface area contributed by atoms with E-state index in [2.05, 4.69) is 15.0 Å². The van der Waals surface area contributed by atoms with Crippen molar-refractivity contribution in [1.29, 1.82) is 0 Å². The molecule has 2 fully saturated rings. The Morgan fingerprint density at radius 2 is 1.77 bits per heavy atom. The quantitative estimate of drug-likeness (QED) is 0.700. The van der Waals surface area contributed by atoms with E-state index >= 15 is 0 Å². The largest absolute Gasteiger partial charge is 0.481 e. The first-order valence-corrected chi connectivity index (χ1v) is 9.26. The summed E-state index contributed by atoms with van der Waals surface area (Å²) in [7, 11) is 1.45. The first-order chi connectivity index (χ1) is 14.4. The van der Waals surface area contributed by atoms with Gasteiger partial charge in [0.25, 0.3) is 6.10 Å². The van der Waals surface area contributed by atoms with Gasteiger partial charge in [0, 0.05) is 25.1 Å². The number of nitrogens with one attached hydrogen (secondary N) is 1. The summed E-state index contributed by atoms with van der Waals surface area (Å²) in [6.07, 6.45) is -14.9. The molecule has 1 spiro atoms. The van der Waals surface area contributed by atoms with Crippen LogP contribution in [0.3, 0.4) is 0 Å². The molecule has 0 bridgehead atoms. The van der Waals surface area contributed by atoms with Gasteiger partial charge in [-0.2, -0.15) is 26.3 Å². The third-order valence-electron chi connectivity index (χ3n) is 5.55. The van der Waals surface area contributed by atoms with Crippen LogP contribution in [0.2, 0.25) is 0 Å². The van der Waals surface area contributed by atoms with Gasteiger partial charge < -0.3 is 19.7 Å². The van der Waals surface area contributed by atoms with Crippen LogP contribution in [-0.4, -0.2) is 60.5 Å². The summed E-state index contributed by atoms with van der Waals surface area (Å²) in [4.78, 5) is 29.1. The Kier molecular flexibility index (Phi) is 5.98. The zero-order chi connectivity index (χ0) is 23.0. The Hall–Kier alpha value is -2.73. The van der Waals surface area contributed by atoms with Crippen LogP contribution in [0.25, 0.3) is 0 Å². The van der Waals surface area contributed by atoms with Crippen LogP contribution in [0, 0.1) is 11.3 Å². The Morgan fingerprint density at radius 3 is 2.26 bits per heavy atom. The fourth-order valence-corrected chi connectivity index (χ4v) is 3.70. The molecule has 13 heteroatoms. The number of piperidine rings is 1. The number of aromatic nitrogens is 1. The lowest BCUT2D eigenvalue weighted by molar-refractivity contribution is -0.308. The highest BCUT2D eigenvalue weighted by atomic mass is 19.4. The maximum atomic E-state index is 12.6. The van der Waals surface area contributed by atoms with Gasteiger partial charge in [0.05, 0.1) is 19.0 Å². The second-order valence-corrected chi connectivity index (χ2v) is 7.53. The maximum absolute atomic E-state index is 12.6. The van der Waals surface area contributed by atoms with Gasteiger partial charge in [-0.25, -0.2) is 9.78 Å². The minimum atomic E-state index is -5.76. The van der Waals surface area contributed by atoms with Gasteiger partial charge >= 0.3 is 18.4 Å². The summed E-state index contributed by atoms with van der Waals surface area (Å²) in [6, 6.07) is 3.17. The number of alkyl halides is 6. The molecule has 1 aliphatic heterocycles. The topological polar surface area (TPSA) is 80.8 Å². The number of carbonyl (C=O) groups is 2. The zero-order valence-corrected chi connectivity index (χ0v) is 16.2. The van der Waals surface area contributed by atoms with Crippen molar-refractivity contribution in [3.05, 3.63) is 18.3 Å². The molecule has 3 rings (SSSR count). The molecule has 1 aromatic rings. The van der Waals surface area contributed by atoms with Crippen molar-refractivity contribution in [2.45, 2.75) is 37.7 Å². The Balaban J connectivity index is 1.52. The number of amides is 2. The first-order valence-electron chi connectivity index (χ1n) is 9.26. The summed E-state index contributed by atoms with van der Waals surface area (Å²) in [6.45, 7) is -0.204. The third-order valence-corrected chi connectivity index (χ3v) is 5.55. The molecule has 1 saturated heterocycles. The van der Waals surface area contributed by atoms with Gasteiger partial charge in [-0.1, -0.05) is 0 Å². The average molecular weight is 455 g/mol. The minimum Gasteiger partial charge on any atom is -0.481 e. The standard InChI is InChI=1S/C18H19F6N3O4/c1-30-12-3-2-10(9-25-12)26-13(28)11-8-16(11)4-6-27(7-5-16)15(29)31-14(17(19,20)21)18(22,23)24/h2-3,9,11,14H,4-8H2,1H3,(H,26,28)/t11-/m1/s1. The first kappa shape index (κ1) is 22.9. The number of halogens is 6. The van der Waals surface area contributed by atoms with Crippen LogP contribution >= 0.6 is 0 Å². The van der Waals surface area contributed by atoms with Crippen molar-refractivity contribution < 1.29 is 45.4 Å². The predicted octanol–water partition coefficient (Wildman–Crippen LogP) is 3.76. The van der Waals surface area contributed by atoms with Crippen molar-refractivity contribution in [2.75, 3.05) is 25.5 Å². The van der Waals surface area contributed by atoms with E-state index in [9.17, 15) is 35.9 Å². The van der Waals surface area contributed by atoms with E-state index in [1.165, 1.54) is 13.3 Å². The van der Waals surface area contributed by atoms with E-state index in [1.54, 1.807) is 12.1 Å². The SMILES string of the molecule is COc1ccc(NC(=O)[C@H]2CC23CCN(C(=O)OC(C(F)(F)F)C(F)(F)F)CC3)cn1. The van der Waals surface area contributed by atoms with E-state index in [1.807, 2.05) is 0 Å². The maximum Gasteiger partial charge on any atom is 0.434 e. The highest BCUT2D eigenvalue weighted by Crippen LogP contribution is 2.59. The number of likely N-dealkylation sites (tertiary alicyclic amines) is 1. The summed E-state index contributed by atoms with van der Waals surface area (Å²) in [5, 5.41) is 2.71. The van der Waals surface area contributed by atoms with Gasteiger partial charge in [0.1, 0.15) is 0 Å². The molecule has 31 heavy (non-hydrogen) atoms. The summed E-state index contributed by atoms with van der Waals surface area (Å²) in [5.41, 5.74) is 0.0213. The molecule has 1 aliphatic carbocycles. The molecule has 2 aliphatic rings. The highest BCUT2D eigenvalue weighted by Gasteiger charge is 2.61. The van der Waals surface area contributed by atoms with Crippen molar-refractivity contribution in [3.63, 3.8) is 0 Å². The average Bonchev–Trinajstić information content (AvgIpc) is 3.38. The summed E-state index contributed by atoms with van der Waals surface area (Å²) >= 11 is 0. The van der Waals surface area contributed by atoms with Crippen molar-refractivity contribution in [3.8, 4) is 5.88 Å². The molecule has 1 saturated carbocycles. The van der Waals surface area contributed by atoms with E-state index < -0.39 is 30.0 Å². The van der Waals surface area contributed by atoms with Crippen LogP contribution in [0.1, 0.15) is 19.3 Å². The number of anilines is 1. The fraction of sp³-hybridized carbons (Fsp3) is 0.611. The summed E-state index contributed by atoms with van der Waals surface area (Å²) < 4.78 is 84.0. The fourth-order valence-electron chi connectivity index (χ4n) is 3.70. The third kappa shape index (κ3) is 5.13. The van der Waals surface area contributed by atoms with E-state index in [4.69, 9.17) is 4.74 Å². The van der Waals surface area contributed by atoms with E-state index in [0.717, 1.165) is 4.90 Å². The Bertz CT molecular complexity index is 805. The number of hydrogen-bond donors (Lipinski definition) is 1. The van der Waals surface area contributed by atoms with E-state index in [-0.39, 0.29) is 37.8 Å². The van der Waals surface area contributed by atoms with Gasteiger partial charge in [0.15, 0.2) is 0 Å². The number of hydrogen-bond acceptors (Lipinski definition) is 5. The number of carbonyl (C=O) groups excluding carboxylic acids is 2. The molecular weight excluding hydrogens is 436 g/mol. The minimum absolute atomic E-state index is 0.102. The Morgan fingerprint density at radius 1 is 1.16 bits per heavy atom. The lowest BCUT2D eigenvalue weighted by Gasteiger charge is -2.33. The molecule has 0 unspecified atom stereocenters. The highest BCUT2D eigenvalue weighted by molar-refractivity contribution is 5.95. The number of ether oxygens (including phenoxy) is 2. The molecule has 172 valence electrons. The van der Waals surface area contributed by atoms with Crippen LogP contribution in [0.4, 0.5) is 36.8 Å². The molecule has 1 atom stereocenters. The molecule has 2 heterocycles. The number of nitrogens with zero attached hydrogens (tertiary/aromatic N) is 2. The zero-order valence-electron chi connectivity index (χ0n) is 16.2. The molecule has 0 aromatic carbocycles. The summed E-state index contributed by atoms with van der Waals surface area (Å²) in [5.74, 6) is -0.262. The molecule has 2 amide bonds. The molecule has 1 aromatic heterocycles. The van der Waals surface area contributed by atoms with Gasteiger partial charge in [-0.15, -0.1) is 0 Å².